The molecule has 22 rings (SSSR count). The molecule has 3 aromatic heterocycles. The molecular weight excluding hydrogens is 1510 g/mol. The van der Waals surface area contributed by atoms with Crippen molar-refractivity contribution in [3.63, 3.8) is 0 Å². The molecule has 7 heteroatoms. The highest BCUT2D eigenvalue weighted by molar-refractivity contribution is 7.00. The van der Waals surface area contributed by atoms with Gasteiger partial charge in [0.05, 0.1) is 78.9 Å². The van der Waals surface area contributed by atoms with Gasteiger partial charge in [-0.3, -0.25) is 0 Å². The third kappa shape index (κ3) is 12.7. The molecule has 125 heavy (non-hydrogen) atoms. The van der Waals surface area contributed by atoms with Gasteiger partial charge in [-0.15, -0.1) is 0 Å². The summed E-state index contributed by atoms with van der Waals surface area (Å²) in [5.41, 5.74) is 17.8. The highest BCUT2D eigenvalue weighted by Gasteiger charge is 2.47. The zero-order valence-corrected chi connectivity index (χ0v) is 71.5. The van der Waals surface area contributed by atoms with Gasteiger partial charge in [0.25, 0.3) is 6.71 Å². The van der Waals surface area contributed by atoms with Gasteiger partial charge >= 0.3 is 0 Å². The van der Waals surface area contributed by atoms with Gasteiger partial charge < -0.3 is 28.4 Å². The quantitative estimate of drug-likeness (QED) is 0.114. The summed E-state index contributed by atoms with van der Waals surface area (Å²) in [5, 5.41) is 1.49. The molecule has 20 aromatic rings. The largest absolute Gasteiger partial charge is 0.310 e. The van der Waals surface area contributed by atoms with Crippen molar-refractivity contribution in [3.05, 3.63) is 404 Å². The minimum atomic E-state index is -0.907. The topological polar surface area (TPSA) is 24.5 Å². The summed E-state index contributed by atoms with van der Waals surface area (Å²) in [6.45, 7) is 25.6. The molecule has 0 atom stereocenters. The smallest absolute Gasteiger partial charge is 0.252 e. The Labute approximate surface area is 763 Å². The number of rotatable bonds is 12. The molecule has 0 spiro atoms. The fourth-order valence-electron chi connectivity index (χ4n) is 18.9. The van der Waals surface area contributed by atoms with Crippen LogP contribution >= 0.6 is 0 Å². The van der Waals surface area contributed by atoms with E-state index >= 15 is 0 Å². The first kappa shape index (κ1) is 57.1. The second-order valence-electron chi connectivity index (χ2n) is 37.0. The summed E-state index contributed by atoms with van der Waals surface area (Å²) in [5.74, 6) is 0. The predicted octanol–water partition coefficient (Wildman–Crippen LogP) is 30.4. The second kappa shape index (κ2) is 29.1. The van der Waals surface area contributed by atoms with Crippen LogP contribution in [0.15, 0.2) is 382 Å². The van der Waals surface area contributed by atoms with E-state index in [1.165, 1.54) is 4.57 Å². The molecule has 6 nitrogen and oxygen atoms in total. The van der Waals surface area contributed by atoms with E-state index in [0.29, 0.717) is 50.7 Å². The normalized spacial score (nSPS) is 15.3. The van der Waals surface area contributed by atoms with Crippen molar-refractivity contribution in [1.82, 2.24) is 13.7 Å². The summed E-state index contributed by atoms with van der Waals surface area (Å²) < 4.78 is 206. The minimum absolute atomic E-state index is 0.0887. The van der Waals surface area contributed by atoms with Crippen LogP contribution in [-0.4, -0.2) is 20.4 Å². The van der Waals surface area contributed by atoms with Gasteiger partial charge in [-0.2, -0.15) is 0 Å². The fourth-order valence-corrected chi connectivity index (χ4v) is 18.9. The number of benzene rings is 17. The van der Waals surface area contributed by atoms with E-state index in [-0.39, 0.29) is 82.9 Å². The Bertz CT molecular complexity index is 8670. The summed E-state index contributed by atoms with van der Waals surface area (Å²) in [7, 11) is 0. The van der Waals surface area contributed by atoms with Crippen LogP contribution in [0.2, 0.25) is 0 Å². The second-order valence-corrected chi connectivity index (χ2v) is 37.0. The summed E-state index contributed by atoms with van der Waals surface area (Å²) >= 11 is 0. The van der Waals surface area contributed by atoms with Crippen LogP contribution in [0.1, 0.15) is 134 Å². The Morgan fingerprint density at radius 1 is 0.248 bits per heavy atom. The van der Waals surface area contributed by atoms with E-state index in [4.69, 9.17) is 5.48 Å². The Hall–Kier alpha value is -14.4. The molecule has 0 aliphatic carbocycles. The van der Waals surface area contributed by atoms with Crippen LogP contribution in [0.25, 0.3) is 127 Å². The first-order valence-corrected chi connectivity index (χ1v) is 42.5. The van der Waals surface area contributed by atoms with Crippen molar-refractivity contribution in [2.45, 2.75) is 105 Å². The van der Waals surface area contributed by atoms with Crippen LogP contribution in [-0.2, 0) is 21.7 Å². The van der Waals surface area contributed by atoms with E-state index in [1.807, 2.05) is 109 Å². The fraction of sp³-hybridized carbons (Fsp3) is 0.136. The summed E-state index contributed by atoms with van der Waals surface area (Å²) in [6.07, 6.45) is 0. The van der Waals surface area contributed by atoms with Crippen molar-refractivity contribution in [3.8, 4) is 61.6 Å². The molecule has 0 radical (unpaired) electrons. The SMILES string of the molecule is [2H]c1c([2H])c([2H])c(N(c2ccc(-n3c4c([2H])c([2H])c([2H])c([2H])c4c4c([2H])c([2H])c([2H])c([2H])c43)cc2)c2ccc3c(c2)N(c2c(-c4ccccc4)cc(C(C)(C)C)cc2-c2ccccc2)c2cc(-n4c5ccc(C(C)(C)C)cc5c5cc(C(C)(C)C)ccc54)cc4c2B3c2ccc(-n3c5c([2H])c([2H])c([2H])c([2H])c5c5c([2H])c([2H])c([2H])c([2H])c53)cc2N4c2c(-c3ccccc3)cc(C(C)(C)C)cc2-c2ccccc2)c([2H])c1[2H]. The number of anilines is 9. The van der Waals surface area contributed by atoms with Gasteiger partial charge in [-0.1, -0.05) is 319 Å². The highest BCUT2D eigenvalue weighted by Crippen LogP contribution is 2.57. The third-order valence-electron chi connectivity index (χ3n) is 25.2. The van der Waals surface area contributed by atoms with Gasteiger partial charge in [0, 0.05) is 106 Å². The van der Waals surface area contributed by atoms with Gasteiger partial charge in [0.15, 0.2) is 0 Å². The molecule has 0 saturated heterocycles. The number of hydrogen-bond donors (Lipinski definition) is 0. The predicted molar refractivity (Wildman–Crippen MR) is 535 cm³/mol. The van der Waals surface area contributed by atoms with E-state index in [0.717, 1.165) is 94.0 Å². The molecule has 0 unspecified atom stereocenters. The van der Waals surface area contributed by atoms with Gasteiger partial charge in [0.1, 0.15) is 0 Å². The lowest BCUT2D eigenvalue weighted by atomic mass is 9.33. The Morgan fingerprint density at radius 2 is 0.576 bits per heavy atom. The average Bonchev–Trinajstić information content (AvgIpc) is 0.783. The van der Waals surface area contributed by atoms with Crippen molar-refractivity contribution in [2.75, 3.05) is 14.7 Å². The van der Waals surface area contributed by atoms with E-state index in [2.05, 4.69) is 219 Å². The number of nitrogens with zero attached hydrogens (tertiary/aromatic N) is 6. The van der Waals surface area contributed by atoms with Gasteiger partial charge in [0.2, 0.25) is 0 Å². The van der Waals surface area contributed by atoms with Crippen molar-refractivity contribution in [1.29, 1.82) is 0 Å². The Kier molecular flexibility index (Phi) is 13.3. The maximum atomic E-state index is 10.3. The lowest BCUT2D eigenvalue weighted by molar-refractivity contribution is 0.590. The maximum absolute atomic E-state index is 10.3. The summed E-state index contributed by atoms with van der Waals surface area (Å²) in [4.78, 5) is 6.30. The molecule has 5 heterocycles. The first-order chi connectivity index (χ1) is 69.3. The minimum Gasteiger partial charge on any atom is -0.310 e. The van der Waals surface area contributed by atoms with Crippen LogP contribution in [0, 0.1) is 0 Å². The zero-order chi connectivity index (χ0) is 103. The Morgan fingerprint density at radius 3 is 0.968 bits per heavy atom. The van der Waals surface area contributed by atoms with Crippen LogP contribution in [0.3, 0.4) is 0 Å². The molecule has 0 amide bonds. The molecule has 0 fully saturated rings. The molecular formula is C118H99BN6. The van der Waals surface area contributed by atoms with E-state index in [9.17, 15) is 23.3 Å². The number of para-hydroxylation sites is 5. The van der Waals surface area contributed by atoms with Gasteiger partial charge in [-0.05, 0) is 228 Å². The molecule has 17 aromatic carbocycles. The first-order valence-electron chi connectivity index (χ1n) is 53.0. The highest BCUT2D eigenvalue weighted by atomic mass is 15.2. The lowest BCUT2D eigenvalue weighted by Crippen LogP contribution is -2.61. The number of hydrogen-bond acceptors (Lipinski definition) is 3. The van der Waals surface area contributed by atoms with Crippen LogP contribution in [0.5, 0.6) is 0 Å². The van der Waals surface area contributed by atoms with Gasteiger partial charge in [-0.25, -0.2) is 0 Å². The van der Waals surface area contributed by atoms with Crippen molar-refractivity contribution in [2.24, 2.45) is 0 Å². The number of aromatic nitrogens is 3. The van der Waals surface area contributed by atoms with Crippen LogP contribution in [0.4, 0.5) is 51.2 Å². The number of fused-ring (bicyclic) bond motifs is 13. The maximum Gasteiger partial charge on any atom is 0.252 e. The zero-order valence-electron chi connectivity index (χ0n) is 92.5. The molecule has 2 aliphatic rings. The monoisotopic (exact) mass is 1630 g/mol. The third-order valence-corrected chi connectivity index (χ3v) is 25.2. The molecule has 0 saturated carbocycles. The molecule has 604 valence electrons. The van der Waals surface area contributed by atoms with Crippen molar-refractivity contribution >= 4 is 140 Å². The van der Waals surface area contributed by atoms with E-state index in [1.54, 1.807) is 33.7 Å². The lowest BCUT2D eigenvalue weighted by Gasteiger charge is -2.46. The van der Waals surface area contributed by atoms with E-state index < -0.39 is 144 Å². The standard InChI is InChI=1S/C118H99BN6/c1-115(2,3)80-54-64-106-98(66-80)99-67-81(116(4,5)6)55-65-107(99)123(106)89-74-110-112-111(75-89)125(114-96(78-40-22-15-23-41-78)70-83(118(10,11)12)71-97(114)79-42-24-16-25-43-79)109-73-88(122-104-52-34-30-48-92(104)93-49-31-35-53-105(93)122)61-63-101(109)119(112)100-62-60-87(72-108(100)124(110)113-94(76-36-18-13-19-37-76)68-82(117(7,8)9)69-95(113)77-38-20-14-21-39-77)120(84-44-26-17-27-45-84)85-56-58-86(59-57-85)121-102-50-32-28-46-90(102)91-47-29-33-51-103(91)121/h13-75H,1-12H3/i17D,26D,27D,28D,29D,30D,31D,32D,33D,34D,35D,44D,45D,46D,47D,48D,49D,50D,51D,52D,53D. The van der Waals surface area contributed by atoms with Crippen LogP contribution < -0.4 is 31.1 Å². The summed E-state index contributed by atoms with van der Waals surface area (Å²) in [6, 6.07) is 74.5. The molecule has 0 N–H and O–H groups in total. The Balaban J connectivity index is 0.957. The average molecular weight is 1630 g/mol. The molecule has 2 aliphatic heterocycles. The van der Waals surface area contributed by atoms with Crippen molar-refractivity contribution < 1.29 is 28.8 Å². The molecule has 0 bridgehead atoms.